The first-order valence-electron chi connectivity index (χ1n) is 10.8. The van der Waals surface area contributed by atoms with E-state index in [0.29, 0.717) is 17.0 Å². The van der Waals surface area contributed by atoms with Gasteiger partial charge in [-0.25, -0.2) is 0 Å². The van der Waals surface area contributed by atoms with Gasteiger partial charge in [-0.05, 0) is 46.7 Å². The van der Waals surface area contributed by atoms with Gasteiger partial charge in [0.05, 0.1) is 29.0 Å². The lowest BCUT2D eigenvalue weighted by atomic mass is 9.71. The third-order valence-corrected chi connectivity index (χ3v) is 6.99. The lowest BCUT2D eigenvalue weighted by Gasteiger charge is -2.33. The highest BCUT2D eigenvalue weighted by Crippen LogP contribution is 2.43. The molecule has 0 spiro atoms. The van der Waals surface area contributed by atoms with Crippen LogP contribution in [0.4, 0.5) is 18.9 Å². The van der Waals surface area contributed by atoms with Crippen LogP contribution in [-0.2, 0) is 9.59 Å². The first-order valence-corrected chi connectivity index (χ1v) is 11.6. The minimum absolute atomic E-state index is 0.125. The zero-order valence-corrected chi connectivity index (χ0v) is 20.9. The van der Waals surface area contributed by atoms with Gasteiger partial charge in [-0.15, -0.1) is 0 Å². The number of hydrogen-bond donors (Lipinski definition) is 2. The largest absolute Gasteiger partial charge is 0.481 e. The van der Waals surface area contributed by atoms with Crippen LogP contribution in [0.1, 0.15) is 63.5 Å². The number of alkyl halides is 3. The fourth-order valence-corrected chi connectivity index (χ4v) is 4.15. The molecule has 0 aliphatic carbocycles. The molecule has 0 saturated heterocycles. The third-order valence-electron chi connectivity index (χ3n) is 6.41. The fraction of sp³-hybridized carbons (Fsp3) is 0.440. The molecular weight excluding hydrogens is 490 g/mol. The molecule has 2 aromatic rings. The summed E-state index contributed by atoms with van der Waals surface area (Å²) in [7, 11) is 0. The van der Waals surface area contributed by atoms with Gasteiger partial charge in [-0.1, -0.05) is 75.5 Å². The maximum absolute atomic E-state index is 13.6. The smallest absolute Gasteiger partial charge is 0.392 e. The normalized spacial score (nSPS) is 14.9. The Labute approximate surface area is 207 Å². The SMILES string of the molecule is CCC(C)(C)C(CC(=O)O)c1ccc(Cl)c(NC(=O)[C@H](c2ccc(Cl)cc2)[C@@H](C)C(F)(F)F)c1. The van der Waals surface area contributed by atoms with Crippen LogP contribution in [0, 0.1) is 11.3 Å². The van der Waals surface area contributed by atoms with Crippen molar-refractivity contribution in [2.24, 2.45) is 11.3 Å². The van der Waals surface area contributed by atoms with Crippen LogP contribution in [0.25, 0.3) is 0 Å². The van der Waals surface area contributed by atoms with Crippen molar-refractivity contribution < 1.29 is 27.9 Å². The molecule has 186 valence electrons. The van der Waals surface area contributed by atoms with Crippen LogP contribution < -0.4 is 5.32 Å². The standard InChI is InChI=1S/C25H28Cl2F3NO3/c1-5-24(3,4)18(13-21(32)33)16-8-11-19(27)20(12-16)31-23(34)22(14(2)25(28,29)30)15-6-9-17(26)10-7-15/h6-12,14,18,22H,5,13H2,1-4H3,(H,31,34)(H,32,33)/t14-,18?,22+/m1/s1. The highest BCUT2D eigenvalue weighted by atomic mass is 35.5. The van der Waals surface area contributed by atoms with Gasteiger partial charge in [0.1, 0.15) is 0 Å². The summed E-state index contributed by atoms with van der Waals surface area (Å²) in [6, 6.07) is 10.4. The lowest BCUT2D eigenvalue weighted by Crippen LogP contribution is -2.34. The number of carboxylic acid groups (broad SMARTS) is 1. The Morgan fingerprint density at radius 1 is 1.03 bits per heavy atom. The number of benzene rings is 2. The van der Waals surface area contributed by atoms with E-state index in [1.54, 1.807) is 12.1 Å². The van der Waals surface area contributed by atoms with Crippen molar-refractivity contribution in [2.45, 2.75) is 58.5 Å². The van der Waals surface area contributed by atoms with Crippen molar-refractivity contribution in [2.75, 3.05) is 5.32 Å². The van der Waals surface area contributed by atoms with E-state index in [4.69, 9.17) is 23.2 Å². The number of halogens is 5. The zero-order chi connectivity index (χ0) is 25.8. The average Bonchev–Trinajstić information content (AvgIpc) is 2.74. The maximum Gasteiger partial charge on any atom is 0.392 e. The molecule has 0 radical (unpaired) electrons. The fourth-order valence-electron chi connectivity index (χ4n) is 3.86. The summed E-state index contributed by atoms with van der Waals surface area (Å²) >= 11 is 12.1. The molecule has 34 heavy (non-hydrogen) atoms. The summed E-state index contributed by atoms with van der Waals surface area (Å²) in [4.78, 5) is 24.7. The van der Waals surface area contributed by atoms with Gasteiger partial charge in [-0.2, -0.15) is 13.2 Å². The first-order chi connectivity index (χ1) is 15.7. The van der Waals surface area contributed by atoms with Gasteiger partial charge >= 0.3 is 12.1 Å². The van der Waals surface area contributed by atoms with Crippen molar-refractivity contribution >= 4 is 40.8 Å². The molecule has 0 bridgehead atoms. The van der Waals surface area contributed by atoms with Crippen molar-refractivity contribution in [3.8, 4) is 0 Å². The molecule has 1 unspecified atom stereocenters. The average molecular weight is 518 g/mol. The monoisotopic (exact) mass is 517 g/mol. The topological polar surface area (TPSA) is 66.4 Å². The molecule has 0 aromatic heterocycles. The second kappa shape index (κ2) is 11.0. The number of carbonyl (C=O) groups excluding carboxylic acids is 1. The highest BCUT2D eigenvalue weighted by Gasteiger charge is 2.45. The summed E-state index contributed by atoms with van der Waals surface area (Å²) in [6.45, 7) is 6.77. The van der Waals surface area contributed by atoms with Crippen LogP contribution in [0.5, 0.6) is 0 Å². The molecule has 1 amide bonds. The molecule has 0 saturated carbocycles. The van der Waals surface area contributed by atoms with Gasteiger partial charge in [0.25, 0.3) is 0 Å². The predicted molar refractivity (Wildman–Crippen MR) is 129 cm³/mol. The van der Waals surface area contributed by atoms with E-state index < -0.39 is 35.8 Å². The number of nitrogens with one attached hydrogen (secondary N) is 1. The minimum Gasteiger partial charge on any atom is -0.481 e. The number of amides is 1. The van der Waals surface area contributed by atoms with Crippen LogP contribution in [-0.4, -0.2) is 23.2 Å². The molecule has 0 heterocycles. The molecule has 0 aliphatic heterocycles. The molecule has 2 N–H and O–H groups in total. The van der Waals surface area contributed by atoms with Crippen LogP contribution in [0.15, 0.2) is 42.5 Å². The quantitative estimate of drug-likeness (QED) is 0.355. The maximum atomic E-state index is 13.6. The minimum atomic E-state index is -4.62. The molecule has 3 atom stereocenters. The first kappa shape index (κ1) is 28.0. The molecule has 4 nitrogen and oxygen atoms in total. The van der Waals surface area contributed by atoms with Crippen molar-refractivity contribution in [1.82, 2.24) is 0 Å². The van der Waals surface area contributed by atoms with Crippen LogP contribution in [0.3, 0.4) is 0 Å². The zero-order valence-electron chi connectivity index (χ0n) is 19.3. The van der Waals surface area contributed by atoms with Gasteiger partial charge in [0.2, 0.25) is 5.91 Å². The molecule has 2 rings (SSSR count). The van der Waals surface area contributed by atoms with E-state index in [-0.39, 0.29) is 28.1 Å². The molecule has 0 fully saturated rings. The number of rotatable bonds is 9. The van der Waals surface area contributed by atoms with Gasteiger partial charge in [0, 0.05) is 5.02 Å². The van der Waals surface area contributed by atoms with E-state index in [9.17, 15) is 27.9 Å². The summed E-state index contributed by atoms with van der Waals surface area (Å²) in [5.74, 6) is -5.78. The van der Waals surface area contributed by atoms with E-state index in [1.807, 2.05) is 20.8 Å². The second-order valence-corrected chi connectivity index (χ2v) is 9.92. The summed E-state index contributed by atoms with van der Waals surface area (Å²) in [5, 5.41) is 12.4. The van der Waals surface area contributed by atoms with E-state index in [1.165, 1.54) is 30.3 Å². The Morgan fingerprint density at radius 2 is 1.59 bits per heavy atom. The van der Waals surface area contributed by atoms with E-state index in [2.05, 4.69) is 5.32 Å². The van der Waals surface area contributed by atoms with E-state index >= 15 is 0 Å². The molecule has 9 heteroatoms. The predicted octanol–water partition coefficient (Wildman–Crippen LogP) is 7.91. The van der Waals surface area contributed by atoms with Crippen molar-refractivity contribution in [3.63, 3.8) is 0 Å². The number of aliphatic carboxylic acids is 1. The Bertz CT molecular complexity index is 1020. The van der Waals surface area contributed by atoms with Crippen molar-refractivity contribution in [3.05, 3.63) is 63.6 Å². The Morgan fingerprint density at radius 3 is 2.09 bits per heavy atom. The van der Waals surface area contributed by atoms with Gasteiger partial charge in [-0.3, -0.25) is 9.59 Å². The van der Waals surface area contributed by atoms with Gasteiger partial charge in [0.15, 0.2) is 0 Å². The van der Waals surface area contributed by atoms with Gasteiger partial charge < -0.3 is 10.4 Å². The Hall–Kier alpha value is -2.25. The summed E-state index contributed by atoms with van der Waals surface area (Å²) in [5.41, 5.74) is 0.528. The Balaban J connectivity index is 2.47. The molecular formula is C25H28Cl2F3NO3. The lowest BCUT2D eigenvalue weighted by molar-refractivity contribution is -0.178. The van der Waals surface area contributed by atoms with Crippen LogP contribution in [0.2, 0.25) is 10.0 Å². The Kier molecular flexibility index (Phi) is 9.05. The third kappa shape index (κ3) is 6.89. The van der Waals surface area contributed by atoms with Crippen molar-refractivity contribution in [1.29, 1.82) is 0 Å². The molecule has 0 aliphatic rings. The summed E-state index contributed by atoms with van der Waals surface area (Å²) in [6.07, 6.45) is -4.07. The second-order valence-electron chi connectivity index (χ2n) is 9.08. The molecule has 2 aromatic carbocycles. The number of carbonyl (C=O) groups is 2. The summed E-state index contributed by atoms with van der Waals surface area (Å²) < 4.78 is 40.8. The number of hydrogen-bond acceptors (Lipinski definition) is 2. The van der Waals surface area contributed by atoms with Crippen LogP contribution >= 0.6 is 23.2 Å². The number of carboxylic acids is 1. The number of anilines is 1. The van der Waals surface area contributed by atoms with E-state index in [0.717, 1.165) is 6.92 Å². The highest BCUT2D eigenvalue weighted by molar-refractivity contribution is 6.33.